The molecular formula is C8H17N5O. The lowest BCUT2D eigenvalue weighted by Crippen LogP contribution is -2.35. The summed E-state index contributed by atoms with van der Waals surface area (Å²) in [6.07, 6.45) is 0. The van der Waals surface area contributed by atoms with E-state index < -0.39 is 0 Å². The molecule has 0 rings (SSSR count). The van der Waals surface area contributed by atoms with E-state index in [2.05, 4.69) is 15.3 Å². The van der Waals surface area contributed by atoms with E-state index in [1.54, 1.807) is 7.05 Å². The van der Waals surface area contributed by atoms with Crippen molar-refractivity contribution in [3.05, 3.63) is 10.4 Å². The van der Waals surface area contributed by atoms with Crippen LogP contribution in [-0.4, -0.2) is 44.5 Å². The second-order valence-corrected chi connectivity index (χ2v) is 3.23. The number of azide groups is 1. The van der Waals surface area contributed by atoms with Crippen LogP contribution >= 0.6 is 0 Å². The van der Waals surface area contributed by atoms with E-state index in [9.17, 15) is 4.79 Å². The topological polar surface area (TPSA) is 81.1 Å². The highest BCUT2D eigenvalue weighted by atomic mass is 16.1. The number of carbonyl (C=O) groups is 1. The molecule has 0 bridgehead atoms. The maximum atomic E-state index is 11.2. The van der Waals surface area contributed by atoms with Crippen LogP contribution in [0.1, 0.15) is 6.92 Å². The van der Waals surface area contributed by atoms with Gasteiger partial charge in [-0.25, -0.2) is 0 Å². The molecule has 0 aliphatic carbocycles. The Balaban J connectivity index is 3.75. The lowest BCUT2D eigenvalue weighted by molar-refractivity contribution is -0.124. The quantitative estimate of drug-likeness (QED) is 0.386. The summed E-state index contributed by atoms with van der Waals surface area (Å²) in [4.78, 5) is 15.8. The molecule has 1 atom stereocenters. The second-order valence-electron chi connectivity index (χ2n) is 3.23. The number of likely N-dealkylation sites (N-methyl/N-ethyl adjacent to an activating group) is 1. The van der Waals surface area contributed by atoms with E-state index >= 15 is 0 Å². The van der Waals surface area contributed by atoms with Crippen molar-refractivity contribution in [2.75, 3.05) is 33.7 Å². The molecule has 1 unspecified atom stereocenters. The Kier molecular flexibility index (Phi) is 6.53. The summed E-state index contributed by atoms with van der Waals surface area (Å²) in [5.74, 6) is -0.0169. The summed E-state index contributed by atoms with van der Waals surface area (Å²) >= 11 is 0. The van der Waals surface area contributed by atoms with Gasteiger partial charge in [0.25, 0.3) is 0 Å². The van der Waals surface area contributed by atoms with Crippen molar-refractivity contribution < 1.29 is 4.79 Å². The van der Waals surface area contributed by atoms with E-state index in [0.29, 0.717) is 19.6 Å². The number of nitrogens with one attached hydrogen (secondary N) is 1. The molecule has 0 aromatic rings. The van der Waals surface area contributed by atoms with Gasteiger partial charge in [0.05, 0.1) is 0 Å². The van der Waals surface area contributed by atoms with Crippen molar-refractivity contribution in [1.82, 2.24) is 10.2 Å². The van der Waals surface area contributed by atoms with Crippen LogP contribution in [0.4, 0.5) is 0 Å². The predicted octanol–water partition coefficient (Wildman–Crippen LogP) is 0.611. The molecule has 0 radical (unpaired) electrons. The fraction of sp³-hybridized carbons (Fsp3) is 0.875. The second kappa shape index (κ2) is 7.17. The van der Waals surface area contributed by atoms with Gasteiger partial charge in [0, 0.05) is 37.5 Å². The zero-order valence-corrected chi connectivity index (χ0v) is 8.90. The molecule has 0 heterocycles. The molecule has 80 valence electrons. The molecule has 1 N–H and O–H groups in total. The summed E-state index contributed by atoms with van der Waals surface area (Å²) in [5, 5.41) is 6.01. The largest absolute Gasteiger partial charge is 0.359 e. The molecule has 1 amide bonds. The van der Waals surface area contributed by atoms with E-state index in [0.717, 1.165) is 0 Å². The Labute approximate surface area is 83.9 Å². The van der Waals surface area contributed by atoms with Gasteiger partial charge in [0.1, 0.15) is 0 Å². The SMILES string of the molecule is CNC(=O)C(C)CN(C)CCN=[N+]=[N-]. The van der Waals surface area contributed by atoms with Crippen molar-refractivity contribution in [2.24, 2.45) is 11.0 Å². The molecule has 6 heteroatoms. The smallest absolute Gasteiger partial charge is 0.223 e. The van der Waals surface area contributed by atoms with Gasteiger partial charge in [-0.1, -0.05) is 12.0 Å². The summed E-state index contributed by atoms with van der Waals surface area (Å²) in [7, 11) is 3.52. The molecule has 0 aliphatic heterocycles. The van der Waals surface area contributed by atoms with Gasteiger partial charge in [-0.05, 0) is 12.6 Å². The molecule has 0 aromatic heterocycles. The van der Waals surface area contributed by atoms with Crippen LogP contribution in [0.5, 0.6) is 0 Å². The van der Waals surface area contributed by atoms with E-state index in [-0.39, 0.29) is 11.8 Å². The number of nitrogens with zero attached hydrogens (tertiary/aromatic N) is 4. The van der Waals surface area contributed by atoms with Crippen LogP contribution in [0.3, 0.4) is 0 Å². The van der Waals surface area contributed by atoms with Crippen LogP contribution in [0.15, 0.2) is 5.11 Å². The number of hydrogen-bond donors (Lipinski definition) is 1. The Morgan fingerprint density at radius 3 is 2.86 bits per heavy atom. The third kappa shape index (κ3) is 5.40. The van der Waals surface area contributed by atoms with Gasteiger partial charge in [-0.2, -0.15) is 0 Å². The normalized spacial score (nSPS) is 12.0. The Bertz CT molecular complexity index is 224. The third-order valence-corrected chi connectivity index (χ3v) is 1.92. The van der Waals surface area contributed by atoms with Gasteiger partial charge < -0.3 is 10.2 Å². The summed E-state index contributed by atoms with van der Waals surface area (Å²) in [6, 6.07) is 0. The molecule has 0 fully saturated rings. The van der Waals surface area contributed by atoms with Crippen LogP contribution in [0, 0.1) is 5.92 Å². The van der Waals surface area contributed by atoms with E-state index in [1.165, 1.54) is 0 Å². The Morgan fingerprint density at radius 1 is 1.71 bits per heavy atom. The van der Waals surface area contributed by atoms with Gasteiger partial charge >= 0.3 is 0 Å². The predicted molar refractivity (Wildman–Crippen MR) is 54.7 cm³/mol. The Morgan fingerprint density at radius 2 is 2.36 bits per heavy atom. The molecule has 0 aliphatic rings. The van der Waals surface area contributed by atoms with E-state index in [4.69, 9.17) is 5.53 Å². The van der Waals surface area contributed by atoms with Gasteiger partial charge in [-0.15, -0.1) is 0 Å². The molecule has 0 saturated heterocycles. The van der Waals surface area contributed by atoms with Crippen LogP contribution in [0.2, 0.25) is 0 Å². The van der Waals surface area contributed by atoms with Gasteiger partial charge in [-0.3, -0.25) is 4.79 Å². The minimum atomic E-state index is -0.0453. The number of amides is 1. The highest BCUT2D eigenvalue weighted by molar-refractivity contribution is 5.78. The van der Waals surface area contributed by atoms with Crippen molar-refractivity contribution in [1.29, 1.82) is 0 Å². The first kappa shape index (κ1) is 12.7. The summed E-state index contributed by atoms with van der Waals surface area (Å²) in [6.45, 7) is 3.64. The minimum Gasteiger partial charge on any atom is -0.359 e. The fourth-order valence-corrected chi connectivity index (χ4v) is 1.15. The lowest BCUT2D eigenvalue weighted by atomic mass is 10.1. The lowest BCUT2D eigenvalue weighted by Gasteiger charge is -2.19. The molecular weight excluding hydrogens is 182 g/mol. The molecule has 6 nitrogen and oxygen atoms in total. The average Bonchev–Trinajstić information content (AvgIpc) is 2.16. The molecule has 14 heavy (non-hydrogen) atoms. The fourth-order valence-electron chi connectivity index (χ4n) is 1.15. The Hall–Kier alpha value is -1.26. The zero-order chi connectivity index (χ0) is 11.0. The summed E-state index contributed by atoms with van der Waals surface area (Å²) in [5.41, 5.74) is 8.06. The van der Waals surface area contributed by atoms with Gasteiger partial charge in [0.2, 0.25) is 5.91 Å². The van der Waals surface area contributed by atoms with Gasteiger partial charge in [0.15, 0.2) is 0 Å². The highest BCUT2D eigenvalue weighted by Crippen LogP contribution is 1.97. The highest BCUT2D eigenvalue weighted by Gasteiger charge is 2.12. The maximum Gasteiger partial charge on any atom is 0.223 e. The molecule has 0 aromatic carbocycles. The van der Waals surface area contributed by atoms with E-state index in [1.807, 2.05) is 18.9 Å². The van der Waals surface area contributed by atoms with Crippen LogP contribution in [0.25, 0.3) is 10.4 Å². The van der Waals surface area contributed by atoms with Crippen LogP contribution in [-0.2, 0) is 4.79 Å². The molecule has 0 spiro atoms. The first-order valence-electron chi connectivity index (χ1n) is 4.52. The van der Waals surface area contributed by atoms with Crippen molar-refractivity contribution in [3.63, 3.8) is 0 Å². The number of hydrogen-bond acceptors (Lipinski definition) is 3. The first-order chi connectivity index (χ1) is 6.61. The number of rotatable bonds is 6. The average molecular weight is 199 g/mol. The minimum absolute atomic E-state index is 0.0284. The summed E-state index contributed by atoms with van der Waals surface area (Å²) < 4.78 is 0. The van der Waals surface area contributed by atoms with Crippen molar-refractivity contribution >= 4 is 5.91 Å². The monoisotopic (exact) mass is 199 g/mol. The zero-order valence-electron chi connectivity index (χ0n) is 8.90. The third-order valence-electron chi connectivity index (χ3n) is 1.92. The first-order valence-corrected chi connectivity index (χ1v) is 4.52. The van der Waals surface area contributed by atoms with Crippen LogP contribution < -0.4 is 5.32 Å². The number of carbonyl (C=O) groups excluding carboxylic acids is 1. The van der Waals surface area contributed by atoms with Crippen molar-refractivity contribution in [3.8, 4) is 0 Å². The standard InChI is InChI=1S/C8H17N5O/c1-7(8(14)10-2)6-13(3)5-4-11-12-9/h7H,4-6H2,1-3H3,(H,10,14). The maximum absolute atomic E-state index is 11.2. The molecule has 0 saturated carbocycles. The van der Waals surface area contributed by atoms with Crippen molar-refractivity contribution in [2.45, 2.75) is 6.92 Å².